The molecule has 114 valence electrons. The van der Waals surface area contributed by atoms with Gasteiger partial charge in [-0.3, -0.25) is 0 Å². The monoisotopic (exact) mass is 301 g/mol. The number of carboxylic acid groups (broad SMARTS) is 1. The van der Waals surface area contributed by atoms with Gasteiger partial charge in [0.15, 0.2) is 0 Å². The van der Waals surface area contributed by atoms with Crippen LogP contribution in [0.5, 0.6) is 0 Å². The highest BCUT2D eigenvalue weighted by Crippen LogP contribution is 2.22. The fourth-order valence-corrected chi connectivity index (χ4v) is 1.95. The van der Waals surface area contributed by atoms with E-state index in [-0.39, 0.29) is 18.7 Å². The lowest BCUT2D eigenvalue weighted by molar-refractivity contribution is -0.135. The van der Waals surface area contributed by atoms with Crippen LogP contribution in [-0.2, 0) is 6.54 Å². The molecule has 0 saturated carbocycles. The summed E-state index contributed by atoms with van der Waals surface area (Å²) in [7, 11) is 0. The first-order valence-corrected chi connectivity index (χ1v) is 6.38. The Labute approximate surface area is 118 Å². The third kappa shape index (κ3) is 4.49. The topological polar surface area (TPSA) is 62.5 Å². The van der Waals surface area contributed by atoms with E-state index in [9.17, 15) is 18.0 Å². The summed E-state index contributed by atoms with van der Waals surface area (Å²) in [5, 5.41) is 12.4. The van der Waals surface area contributed by atoms with Crippen molar-refractivity contribution in [3.05, 3.63) is 35.6 Å². The molecule has 0 aliphatic carbocycles. The molecule has 7 heteroatoms. The zero-order valence-corrected chi connectivity index (χ0v) is 11.0. The van der Waals surface area contributed by atoms with E-state index in [1.807, 2.05) is 0 Å². The number of fused-ring (bicyclic) bond motifs is 1. The molecule has 1 heterocycles. The van der Waals surface area contributed by atoms with Gasteiger partial charge in [0.05, 0.1) is 0 Å². The molecule has 2 aromatic rings. The number of alkyl halides is 3. The van der Waals surface area contributed by atoms with Crippen LogP contribution in [0.3, 0.4) is 0 Å². The first-order chi connectivity index (χ1) is 9.85. The van der Waals surface area contributed by atoms with Gasteiger partial charge in [0.2, 0.25) is 5.76 Å². The number of furan rings is 1. The van der Waals surface area contributed by atoms with Gasteiger partial charge in [-0.05, 0) is 36.7 Å². The molecule has 0 fully saturated rings. The maximum Gasteiger partial charge on any atom is 0.389 e. The summed E-state index contributed by atoms with van der Waals surface area (Å²) >= 11 is 0. The Morgan fingerprint density at radius 2 is 2.05 bits per heavy atom. The van der Waals surface area contributed by atoms with Crippen LogP contribution in [0.4, 0.5) is 13.2 Å². The SMILES string of the molecule is O=C(O)c1cc2cc(CNCCCC(F)(F)F)ccc2o1. The second-order valence-corrected chi connectivity index (χ2v) is 4.68. The molecule has 0 radical (unpaired) electrons. The molecule has 2 N–H and O–H groups in total. The number of benzene rings is 1. The summed E-state index contributed by atoms with van der Waals surface area (Å²) in [5.74, 6) is -1.28. The lowest BCUT2D eigenvalue weighted by Crippen LogP contribution is -2.17. The summed E-state index contributed by atoms with van der Waals surface area (Å²) in [4.78, 5) is 10.8. The molecule has 0 spiro atoms. The molecule has 1 aromatic heterocycles. The van der Waals surface area contributed by atoms with Gasteiger partial charge < -0.3 is 14.8 Å². The minimum Gasteiger partial charge on any atom is -0.475 e. The standard InChI is InChI=1S/C14H14F3NO3/c15-14(16,17)4-1-5-18-8-9-2-3-11-10(6-9)7-12(21-11)13(19)20/h2-3,6-7,18H,1,4-5,8H2,(H,19,20). The average Bonchev–Trinajstić information content (AvgIpc) is 2.80. The minimum atomic E-state index is -4.12. The summed E-state index contributed by atoms with van der Waals surface area (Å²) < 4.78 is 41.0. The van der Waals surface area contributed by atoms with E-state index in [1.165, 1.54) is 6.07 Å². The molecule has 0 saturated heterocycles. The van der Waals surface area contributed by atoms with Crippen molar-refractivity contribution < 1.29 is 27.5 Å². The van der Waals surface area contributed by atoms with Crippen molar-refractivity contribution in [2.24, 2.45) is 0 Å². The zero-order chi connectivity index (χ0) is 15.5. The van der Waals surface area contributed by atoms with Crippen LogP contribution < -0.4 is 5.32 Å². The van der Waals surface area contributed by atoms with Gasteiger partial charge in [-0.25, -0.2) is 4.79 Å². The zero-order valence-electron chi connectivity index (χ0n) is 11.0. The molecule has 0 unspecified atom stereocenters. The highest BCUT2D eigenvalue weighted by Gasteiger charge is 2.25. The summed E-state index contributed by atoms with van der Waals surface area (Å²) in [6.07, 6.45) is -4.89. The van der Waals surface area contributed by atoms with Crippen molar-refractivity contribution >= 4 is 16.9 Å². The molecule has 0 amide bonds. The van der Waals surface area contributed by atoms with Gasteiger partial charge in [0, 0.05) is 18.4 Å². The second-order valence-electron chi connectivity index (χ2n) is 4.68. The van der Waals surface area contributed by atoms with E-state index in [2.05, 4.69) is 5.32 Å². The molecular weight excluding hydrogens is 287 g/mol. The number of rotatable bonds is 6. The Kier molecular flexibility index (Phi) is 4.52. The smallest absolute Gasteiger partial charge is 0.389 e. The van der Waals surface area contributed by atoms with E-state index in [1.54, 1.807) is 18.2 Å². The van der Waals surface area contributed by atoms with Gasteiger partial charge in [-0.1, -0.05) is 6.07 Å². The summed E-state index contributed by atoms with van der Waals surface area (Å²) in [6, 6.07) is 6.57. The van der Waals surface area contributed by atoms with Crippen molar-refractivity contribution in [3.8, 4) is 0 Å². The fourth-order valence-electron chi connectivity index (χ4n) is 1.95. The number of hydrogen-bond acceptors (Lipinski definition) is 3. The van der Waals surface area contributed by atoms with Crippen LogP contribution in [-0.4, -0.2) is 23.8 Å². The van der Waals surface area contributed by atoms with Crippen molar-refractivity contribution in [1.29, 1.82) is 0 Å². The van der Waals surface area contributed by atoms with Crippen LogP contribution in [0.2, 0.25) is 0 Å². The van der Waals surface area contributed by atoms with Crippen LogP contribution in [0, 0.1) is 0 Å². The predicted molar refractivity (Wildman–Crippen MR) is 70.2 cm³/mol. The molecule has 2 rings (SSSR count). The van der Waals surface area contributed by atoms with Gasteiger partial charge in [0.25, 0.3) is 0 Å². The number of aromatic carboxylic acids is 1. The van der Waals surface area contributed by atoms with Crippen molar-refractivity contribution in [1.82, 2.24) is 5.32 Å². The van der Waals surface area contributed by atoms with Crippen molar-refractivity contribution in [2.75, 3.05) is 6.54 Å². The average molecular weight is 301 g/mol. The Morgan fingerprint density at radius 1 is 1.29 bits per heavy atom. The van der Waals surface area contributed by atoms with Gasteiger partial charge in [-0.15, -0.1) is 0 Å². The molecule has 0 aliphatic heterocycles. The number of hydrogen-bond donors (Lipinski definition) is 2. The third-order valence-corrected chi connectivity index (χ3v) is 2.93. The van der Waals surface area contributed by atoms with Crippen LogP contribution in [0.25, 0.3) is 11.0 Å². The Morgan fingerprint density at radius 3 is 2.71 bits per heavy atom. The highest BCUT2D eigenvalue weighted by molar-refractivity contribution is 5.91. The van der Waals surface area contributed by atoms with Crippen LogP contribution in [0.15, 0.2) is 28.7 Å². The molecule has 1 aromatic carbocycles. The molecule has 4 nitrogen and oxygen atoms in total. The highest BCUT2D eigenvalue weighted by atomic mass is 19.4. The first kappa shape index (κ1) is 15.4. The van der Waals surface area contributed by atoms with E-state index in [0.29, 0.717) is 17.5 Å². The van der Waals surface area contributed by atoms with Crippen LogP contribution >= 0.6 is 0 Å². The van der Waals surface area contributed by atoms with Gasteiger partial charge >= 0.3 is 12.1 Å². The van der Waals surface area contributed by atoms with Crippen LogP contribution in [0.1, 0.15) is 29.0 Å². The Balaban J connectivity index is 1.89. The summed E-state index contributed by atoms with van der Waals surface area (Å²) in [5.41, 5.74) is 1.32. The van der Waals surface area contributed by atoms with E-state index in [4.69, 9.17) is 9.52 Å². The van der Waals surface area contributed by atoms with Crippen molar-refractivity contribution in [3.63, 3.8) is 0 Å². The van der Waals surface area contributed by atoms with E-state index >= 15 is 0 Å². The van der Waals surface area contributed by atoms with Gasteiger partial charge in [0.1, 0.15) is 5.58 Å². The fraction of sp³-hybridized carbons (Fsp3) is 0.357. The van der Waals surface area contributed by atoms with Crippen molar-refractivity contribution in [2.45, 2.75) is 25.6 Å². The van der Waals surface area contributed by atoms with E-state index in [0.717, 1.165) is 5.56 Å². The number of carbonyl (C=O) groups is 1. The number of halogens is 3. The Bertz CT molecular complexity index is 634. The molecule has 0 bridgehead atoms. The molecule has 21 heavy (non-hydrogen) atoms. The molecule has 0 atom stereocenters. The van der Waals surface area contributed by atoms with E-state index < -0.39 is 18.6 Å². The predicted octanol–water partition coefficient (Wildman–Crippen LogP) is 3.56. The maximum atomic E-state index is 12.0. The lowest BCUT2D eigenvalue weighted by atomic mass is 10.1. The molecular formula is C14H14F3NO3. The minimum absolute atomic E-state index is 0.0284. The lowest BCUT2D eigenvalue weighted by Gasteiger charge is -2.07. The molecule has 0 aliphatic rings. The largest absolute Gasteiger partial charge is 0.475 e. The Hall–Kier alpha value is -2.02. The second kappa shape index (κ2) is 6.17. The third-order valence-electron chi connectivity index (χ3n) is 2.93. The summed E-state index contributed by atoms with van der Waals surface area (Å²) in [6.45, 7) is 0.685. The quantitative estimate of drug-likeness (QED) is 0.801. The number of carboxylic acids is 1. The normalized spacial score (nSPS) is 12.0. The van der Waals surface area contributed by atoms with Gasteiger partial charge in [-0.2, -0.15) is 13.2 Å². The first-order valence-electron chi connectivity index (χ1n) is 6.38. The number of nitrogens with one attached hydrogen (secondary N) is 1. The maximum absolute atomic E-state index is 12.0.